The van der Waals surface area contributed by atoms with Gasteiger partial charge in [-0.05, 0) is 6.42 Å². The molecule has 0 saturated carbocycles. The highest BCUT2D eigenvalue weighted by Gasteiger charge is 2.05. The minimum Gasteiger partial charge on any atom is -0.202 e. The SMILES string of the molecule is CCCCCCCCCCCCCCCC[n+]1ccccc1CC. The van der Waals surface area contributed by atoms with Crippen molar-refractivity contribution in [2.45, 2.75) is 117 Å². The van der Waals surface area contributed by atoms with Crippen molar-refractivity contribution in [3.63, 3.8) is 0 Å². The lowest BCUT2D eigenvalue weighted by atomic mass is 10.0. The van der Waals surface area contributed by atoms with E-state index in [1.54, 1.807) is 0 Å². The molecule has 0 N–H and O–H groups in total. The second-order valence-electron chi connectivity index (χ2n) is 7.34. The number of pyridine rings is 1. The predicted molar refractivity (Wildman–Crippen MR) is 106 cm³/mol. The van der Waals surface area contributed by atoms with Crippen LogP contribution in [0.1, 0.15) is 109 Å². The molecule has 1 rings (SSSR count). The topological polar surface area (TPSA) is 3.88 Å². The molecule has 0 saturated heterocycles. The molecule has 1 nitrogen and oxygen atoms in total. The average Bonchev–Trinajstić information content (AvgIpc) is 2.62. The number of aryl methyl sites for hydroxylation is 2. The highest BCUT2D eigenvalue weighted by Crippen LogP contribution is 2.12. The number of rotatable bonds is 16. The van der Waals surface area contributed by atoms with Gasteiger partial charge in [-0.15, -0.1) is 0 Å². The Kier molecular flexibility index (Phi) is 13.8. The number of hydrogen-bond donors (Lipinski definition) is 0. The number of aromatic nitrogens is 1. The van der Waals surface area contributed by atoms with Crippen LogP contribution in [0.2, 0.25) is 0 Å². The fraction of sp³-hybridized carbons (Fsp3) is 0.783. The molecule has 1 heteroatoms. The van der Waals surface area contributed by atoms with E-state index in [-0.39, 0.29) is 0 Å². The van der Waals surface area contributed by atoms with Gasteiger partial charge in [0.05, 0.1) is 0 Å². The van der Waals surface area contributed by atoms with Crippen molar-refractivity contribution < 1.29 is 4.57 Å². The largest absolute Gasteiger partial charge is 0.202 e. The molecule has 0 aliphatic heterocycles. The minimum atomic E-state index is 1.14. The molecule has 0 aromatic carbocycles. The van der Waals surface area contributed by atoms with E-state index in [1.165, 1.54) is 102 Å². The summed E-state index contributed by atoms with van der Waals surface area (Å²) in [5.41, 5.74) is 1.46. The predicted octanol–water partition coefficient (Wildman–Crippen LogP) is 7.02. The first kappa shape index (κ1) is 21.2. The van der Waals surface area contributed by atoms with Gasteiger partial charge in [0, 0.05) is 25.0 Å². The summed E-state index contributed by atoms with van der Waals surface area (Å²) in [5.74, 6) is 0. The zero-order valence-corrected chi connectivity index (χ0v) is 16.6. The summed E-state index contributed by atoms with van der Waals surface area (Å²) in [6.45, 7) is 5.74. The number of hydrogen-bond acceptors (Lipinski definition) is 0. The van der Waals surface area contributed by atoms with Crippen LogP contribution in [-0.2, 0) is 13.0 Å². The zero-order valence-electron chi connectivity index (χ0n) is 16.6. The van der Waals surface area contributed by atoms with Crippen molar-refractivity contribution in [3.8, 4) is 0 Å². The van der Waals surface area contributed by atoms with Crippen molar-refractivity contribution in [2.75, 3.05) is 0 Å². The molecule has 138 valence electrons. The fourth-order valence-corrected chi connectivity index (χ4v) is 3.53. The molecular formula is C23H42N+. The van der Waals surface area contributed by atoms with E-state index in [2.05, 4.69) is 42.8 Å². The van der Waals surface area contributed by atoms with Gasteiger partial charge >= 0.3 is 0 Å². The Morgan fingerprint density at radius 2 is 1.12 bits per heavy atom. The Morgan fingerprint density at radius 3 is 1.62 bits per heavy atom. The van der Waals surface area contributed by atoms with Crippen LogP contribution in [0.4, 0.5) is 0 Å². The van der Waals surface area contributed by atoms with E-state index in [9.17, 15) is 0 Å². The molecule has 24 heavy (non-hydrogen) atoms. The van der Waals surface area contributed by atoms with Crippen molar-refractivity contribution in [2.24, 2.45) is 0 Å². The molecule has 1 heterocycles. The van der Waals surface area contributed by atoms with Crippen LogP contribution in [0.3, 0.4) is 0 Å². The molecule has 1 aromatic heterocycles. The molecule has 0 amide bonds. The second kappa shape index (κ2) is 15.7. The molecular weight excluding hydrogens is 290 g/mol. The third-order valence-electron chi connectivity index (χ3n) is 5.15. The van der Waals surface area contributed by atoms with Gasteiger partial charge in [-0.3, -0.25) is 0 Å². The van der Waals surface area contributed by atoms with Crippen LogP contribution in [0.5, 0.6) is 0 Å². The lowest BCUT2D eigenvalue weighted by molar-refractivity contribution is -0.704. The van der Waals surface area contributed by atoms with E-state index in [0.717, 1.165) is 6.42 Å². The van der Waals surface area contributed by atoms with E-state index in [4.69, 9.17) is 0 Å². The summed E-state index contributed by atoms with van der Waals surface area (Å²) in [6, 6.07) is 6.56. The van der Waals surface area contributed by atoms with Gasteiger partial charge in [0.15, 0.2) is 11.9 Å². The Morgan fingerprint density at radius 1 is 0.625 bits per heavy atom. The third-order valence-corrected chi connectivity index (χ3v) is 5.15. The van der Waals surface area contributed by atoms with E-state index >= 15 is 0 Å². The molecule has 0 fully saturated rings. The Bertz CT molecular complexity index is 385. The Hall–Kier alpha value is -0.850. The maximum Gasteiger partial charge on any atom is 0.181 e. The van der Waals surface area contributed by atoms with Gasteiger partial charge in [0.25, 0.3) is 0 Å². The first-order valence-electron chi connectivity index (χ1n) is 10.9. The first-order chi connectivity index (χ1) is 11.9. The van der Waals surface area contributed by atoms with Crippen LogP contribution in [0.25, 0.3) is 0 Å². The third kappa shape index (κ3) is 10.8. The highest BCUT2D eigenvalue weighted by molar-refractivity contribution is 4.96. The van der Waals surface area contributed by atoms with Crippen LogP contribution in [0.15, 0.2) is 24.4 Å². The van der Waals surface area contributed by atoms with Crippen molar-refractivity contribution in [3.05, 3.63) is 30.1 Å². The molecule has 0 unspecified atom stereocenters. The number of unbranched alkanes of at least 4 members (excludes halogenated alkanes) is 13. The van der Waals surface area contributed by atoms with Crippen molar-refractivity contribution in [1.29, 1.82) is 0 Å². The van der Waals surface area contributed by atoms with Crippen molar-refractivity contribution in [1.82, 2.24) is 0 Å². The van der Waals surface area contributed by atoms with E-state index in [1.807, 2.05) is 0 Å². The number of nitrogens with zero attached hydrogens (tertiary/aromatic N) is 1. The van der Waals surface area contributed by atoms with Gasteiger partial charge < -0.3 is 0 Å². The van der Waals surface area contributed by atoms with Crippen LogP contribution < -0.4 is 4.57 Å². The molecule has 0 aliphatic rings. The van der Waals surface area contributed by atoms with E-state index in [0.29, 0.717) is 0 Å². The summed E-state index contributed by atoms with van der Waals surface area (Å²) < 4.78 is 2.43. The summed E-state index contributed by atoms with van der Waals surface area (Å²) >= 11 is 0. The van der Waals surface area contributed by atoms with Gasteiger partial charge in [-0.25, -0.2) is 4.57 Å². The average molecular weight is 333 g/mol. The minimum absolute atomic E-state index is 1.14. The first-order valence-corrected chi connectivity index (χ1v) is 10.9. The second-order valence-corrected chi connectivity index (χ2v) is 7.34. The normalized spacial score (nSPS) is 11.1. The summed E-state index contributed by atoms with van der Waals surface area (Å²) in [6.07, 6.45) is 23.5. The van der Waals surface area contributed by atoms with Gasteiger partial charge in [-0.1, -0.05) is 97.0 Å². The molecule has 0 bridgehead atoms. The quantitative estimate of drug-likeness (QED) is 0.226. The molecule has 0 radical (unpaired) electrons. The monoisotopic (exact) mass is 332 g/mol. The maximum atomic E-state index is 2.43. The summed E-state index contributed by atoms with van der Waals surface area (Å²) in [7, 11) is 0. The van der Waals surface area contributed by atoms with Gasteiger partial charge in [0.1, 0.15) is 6.54 Å². The zero-order chi connectivity index (χ0) is 17.3. The Labute approximate surface area is 151 Å². The van der Waals surface area contributed by atoms with Crippen LogP contribution >= 0.6 is 0 Å². The molecule has 0 aliphatic carbocycles. The molecule has 0 spiro atoms. The van der Waals surface area contributed by atoms with Gasteiger partial charge in [-0.2, -0.15) is 0 Å². The smallest absolute Gasteiger partial charge is 0.181 e. The highest BCUT2D eigenvalue weighted by atomic mass is 14.9. The summed E-state index contributed by atoms with van der Waals surface area (Å²) in [4.78, 5) is 0. The molecule has 0 atom stereocenters. The fourth-order valence-electron chi connectivity index (χ4n) is 3.53. The van der Waals surface area contributed by atoms with Crippen LogP contribution in [0, 0.1) is 0 Å². The van der Waals surface area contributed by atoms with E-state index < -0.39 is 0 Å². The Balaban J connectivity index is 1.84. The lowest BCUT2D eigenvalue weighted by Gasteiger charge is -2.04. The van der Waals surface area contributed by atoms with Crippen LogP contribution in [-0.4, -0.2) is 0 Å². The molecule has 1 aromatic rings. The van der Waals surface area contributed by atoms with Crippen molar-refractivity contribution >= 4 is 0 Å². The lowest BCUT2D eigenvalue weighted by Crippen LogP contribution is -2.37. The summed E-state index contributed by atoms with van der Waals surface area (Å²) in [5, 5.41) is 0. The standard InChI is InChI=1S/C23H42N/c1-3-5-6-7-8-9-10-11-12-13-14-15-16-18-21-24-22-19-17-20-23(24)4-2/h17,19-20,22H,3-16,18,21H2,1-2H3/q+1. The maximum absolute atomic E-state index is 2.43. The van der Waals surface area contributed by atoms with Gasteiger partial charge in [0.2, 0.25) is 0 Å².